The van der Waals surface area contributed by atoms with Crippen molar-refractivity contribution in [1.82, 2.24) is 0 Å². The lowest BCUT2D eigenvalue weighted by molar-refractivity contribution is -0.129. The minimum absolute atomic E-state index is 0.0154. The molecule has 0 saturated carbocycles. The van der Waals surface area contributed by atoms with Crippen LogP contribution in [0.5, 0.6) is 0 Å². The van der Waals surface area contributed by atoms with Gasteiger partial charge in [0.1, 0.15) is 0 Å². The molecule has 1 aliphatic rings. The average Bonchev–Trinajstić information content (AvgIpc) is 2.79. The lowest BCUT2D eigenvalue weighted by Gasteiger charge is -2.21. The lowest BCUT2D eigenvalue weighted by atomic mass is 10.2. The molecular formula is C12H16O2S. The van der Waals surface area contributed by atoms with E-state index in [0.29, 0.717) is 0 Å². The van der Waals surface area contributed by atoms with Crippen LogP contribution < -0.4 is 0 Å². The van der Waals surface area contributed by atoms with Gasteiger partial charge in [-0.3, -0.25) is 0 Å². The van der Waals surface area contributed by atoms with Crippen LogP contribution in [0.2, 0.25) is 0 Å². The third-order valence-electron chi connectivity index (χ3n) is 2.36. The molecule has 0 spiro atoms. The summed E-state index contributed by atoms with van der Waals surface area (Å²) in [5, 5.41) is 2.09. The lowest BCUT2D eigenvalue weighted by Crippen LogP contribution is -2.19. The second-order valence-electron chi connectivity index (χ2n) is 3.59. The van der Waals surface area contributed by atoms with E-state index >= 15 is 0 Å². The van der Waals surface area contributed by atoms with Crippen molar-refractivity contribution in [3.8, 4) is 0 Å². The molecule has 1 aromatic rings. The fraction of sp³-hybridized carbons (Fsp3) is 0.500. The van der Waals surface area contributed by atoms with Crippen molar-refractivity contribution in [3.63, 3.8) is 0 Å². The van der Waals surface area contributed by atoms with Gasteiger partial charge >= 0.3 is 0 Å². The molecule has 1 saturated heterocycles. The van der Waals surface area contributed by atoms with E-state index in [1.54, 1.807) is 17.6 Å². The van der Waals surface area contributed by atoms with E-state index in [0.717, 1.165) is 19.4 Å². The van der Waals surface area contributed by atoms with E-state index in [-0.39, 0.29) is 6.29 Å². The van der Waals surface area contributed by atoms with Crippen molar-refractivity contribution < 1.29 is 9.47 Å². The Bertz CT molecular complexity index is 287. The first kappa shape index (κ1) is 10.7. The predicted molar refractivity (Wildman–Crippen MR) is 61.8 cm³/mol. The first-order chi connectivity index (χ1) is 7.45. The highest BCUT2D eigenvalue weighted by Gasteiger charge is 2.12. The second-order valence-corrected chi connectivity index (χ2v) is 4.62. The summed E-state index contributed by atoms with van der Waals surface area (Å²) in [6.07, 6.45) is 8.15. The Morgan fingerprint density at radius 2 is 2.53 bits per heavy atom. The fourth-order valence-electron chi connectivity index (χ4n) is 1.55. The minimum atomic E-state index is -0.0154. The van der Waals surface area contributed by atoms with Gasteiger partial charge in [-0.25, -0.2) is 0 Å². The van der Waals surface area contributed by atoms with Crippen LogP contribution in [0.25, 0.3) is 0 Å². The molecule has 1 aromatic heterocycles. The van der Waals surface area contributed by atoms with Gasteiger partial charge < -0.3 is 9.47 Å². The zero-order valence-electron chi connectivity index (χ0n) is 8.72. The van der Waals surface area contributed by atoms with Crippen LogP contribution in [0.1, 0.15) is 24.1 Å². The normalized spacial score (nSPS) is 22.0. The van der Waals surface area contributed by atoms with Crippen LogP contribution >= 0.6 is 11.3 Å². The highest BCUT2D eigenvalue weighted by Crippen LogP contribution is 2.14. The number of rotatable bonds is 4. The Kier molecular flexibility index (Phi) is 4.23. The third-order valence-corrected chi connectivity index (χ3v) is 3.26. The molecule has 3 heteroatoms. The summed E-state index contributed by atoms with van der Waals surface area (Å²) in [5.74, 6) is 0. The quantitative estimate of drug-likeness (QED) is 0.730. The summed E-state index contributed by atoms with van der Waals surface area (Å²) in [6, 6.07) is 4.20. The maximum Gasteiger partial charge on any atom is 0.198 e. The van der Waals surface area contributed by atoms with Gasteiger partial charge in [-0.1, -0.05) is 6.07 Å². The highest BCUT2D eigenvalue weighted by molar-refractivity contribution is 7.09. The van der Waals surface area contributed by atoms with E-state index < -0.39 is 0 Å². The van der Waals surface area contributed by atoms with Crippen LogP contribution in [0.15, 0.2) is 29.9 Å². The van der Waals surface area contributed by atoms with Crippen molar-refractivity contribution in [1.29, 1.82) is 0 Å². The first-order valence-electron chi connectivity index (χ1n) is 5.39. The Morgan fingerprint density at radius 1 is 1.53 bits per heavy atom. The number of hydrogen-bond donors (Lipinski definition) is 0. The fourth-order valence-corrected chi connectivity index (χ4v) is 2.24. The zero-order chi connectivity index (χ0) is 10.3. The molecular weight excluding hydrogens is 208 g/mol. The summed E-state index contributed by atoms with van der Waals surface area (Å²) in [6.45, 7) is 0.837. The number of allylic oxidation sites excluding steroid dienone is 1. The standard InChI is InChI=1S/C12H16O2S/c1-2-8-13-12(7-1)14-9-3-5-11-6-4-10-15-11/h3-4,6,9-10,12H,1-2,5,7-8H2/b9-3+. The molecule has 0 aromatic carbocycles. The minimum Gasteiger partial charge on any atom is -0.473 e. The maximum absolute atomic E-state index is 5.48. The van der Waals surface area contributed by atoms with Gasteiger partial charge in [0.25, 0.3) is 0 Å². The van der Waals surface area contributed by atoms with E-state index in [2.05, 4.69) is 17.5 Å². The monoisotopic (exact) mass is 224 g/mol. The highest BCUT2D eigenvalue weighted by atomic mass is 32.1. The molecule has 1 fully saturated rings. The molecule has 15 heavy (non-hydrogen) atoms. The summed E-state index contributed by atoms with van der Waals surface area (Å²) in [4.78, 5) is 1.36. The Morgan fingerprint density at radius 3 is 3.27 bits per heavy atom. The number of ether oxygens (including phenoxy) is 2. The Labute approximate surface area is 94.5 Å². The molecule has 1 unspecified atom stereocenters. The summed E-state index contributed by atoms with van der Waals surface area (Å²) >= 11 is 1.77. The van der Waals surface area contributed by atoms with E-state index in [1.165, 1.54) is 17.7 Å². The van der Waals surface area contributed by atoms with Crippen LogP contribution in [-0.2, 0) is 15.9 Å². The van der Waals surface area contributed by atoms with Gasteiger partial charge in [0.05, 0.1) is 12.9 Å². The molecule has 0 aliphatic carbocycles. The molecule has 0 amide bonds. The van der Waals surface area contributed by atoms with Crippen molar-refractivity contribution in [3.05, 3.63) is 34.7 Å². The largest absolute Gasteiger partial charge is 0.473 e. The maximum atomic E-state index is 5.48. The summed E-state index contributed by atoms with van der Waals surface area (Å²) in [5.41, 5.74) is 0. The van der Waals surface area contributed by atoms with Crippen molar-refractivity contribution in [2.24, 2.45) is 0 Å². The molecule has 0 radical (unpaired) electrons. The molecule has 82 valence electrons. The van der Waals surface area contributed by atoms with Gasteiger partial charge in [-0.2, -0.15) is 0 Å². The molecule has 0 bridgehead atoms. The van der Waals surface area contributed by atoms with Crippen molar-refractivity contribution in [2.45, 2.75) is 32.0 Å². The van der Waals surface area contributed by atoms with Crippen molar-refractivity contribution >= 4 is 11.3 Å². The van der Waals surface area contributed by atoms with E-state index in [4.69, 9.17) is 9.47 Å². The summed E-state index contributed by atoms with van der Waals surface area (Å²) < 4.78 is 10.9. The van der Waals surface area contributed by atoms with Crippen molar-refractivity contribution in [2.75, 3.05) is 6.61 Å². The predicted octanol–water partition coefficient (Wildman–Crippen LogP) is 3.35. The summed E-state index contributed by atoms with van der Waals surface area (Å²) in [7, 11) is 0. The molecule has 1 aliphatic heterocycles. The molecule has 0 N–H and O–H groups in total. The van der Waals surface area contributed by atoms with Crippen LogP contribution in [0.3, 0.4) is 0 Å². The second kappa shape index (κ2) is 5.93. The third kappa shape index (κ3) is 3.68. The van der Waals surface area contributed by atoms with Crippen LogP contribution in [0.4, 0.5) is 0 Å². The zero-order valence-corrected chi connectivity index (χ0v) is 9.54. The van der Waals surface area contributed by atoms with Gasteiger partial charge in [0.2, 0.25) is 0 Å². The SMILES string of the molecule is C(=C\OC1CCCCO1)/Cc1cccs1. The molecule has 1 atom stereocenters. The average molecular weight is 224 g/mol. The molecule has 2 heterocycles. The van der Waals surface area contributed by atoms with Gasteiger partial charge in [0, 0.05) is 17.7 Å². The number of thiophene rings is 1. The van der Waals surface area contributed by atoms with Gasteiger partial charge in [-0.05, 0) is 30.4 Å². The smallest absolute Gasteiger partial charge is 0.198 e. The Balaban J connectivity index is 1.66. The number of hydrogen-bond acceptors (Lipinski definition) is 3. The van der Waals surface area contributed by atoms with Crippen LogP contribution in [0, 0.1) is 0 Å². The Hall–Kier alpha value is -0.800. The molecule has 2 nitrogen and oxygen atoms in total. The van der Waals surface area contributed by atoms with Crippen LogP contribution in [-0.4, -0.2) is 12.9 Å². The first-order valence-corrected chi connectivity index (χ1v) is 6.27. The topological polar surface area (TPSA) is 18.5 Å². The van der Waals surface area contributed by atoms with Gasteiger partial charge in [-0.15, -0.1) is 11.3 Å². The van der Waals surface area contributed by atoms with Gasteiger partial charge in [0.15, 0.2) is 6.29 Å². The van der Waals surface area contributed by atoms with E-state index in [1.807, 2.05) is 6.08 Å². The van der Waals surface area contributed by atoms with E-state index in [9.17, 15) is 0 Å². The molecule has 2 rings (SSSR count).